The summed E-state index contributed by atoms with van der Waals surface area (Å²) in [6.45, 7) is 5.55. The van der Waals surface area contributed by atoms with E-state index in [-0.39, 0.29) is 0 Å². The first kappa shape index (κ1) is 19.6. The van der Waals surface area contributed by atoms with Crippen molar-refractivity contribution in [3.63, 3.8) is 0 Å². The van der Waals surface area contributed by atoms with Gasteiger partial charge in [0.25, 0.3) is 0 Å². The third-order valence-electron chi connectivity index (χ3n) is 3.64. The monoisotopic (exact) mass is 455 g/mol. The van der Waals surface area contributed by atoms with E-state index < -0.39 is 0 Å². The average molecular weight is 455 g/mol. The molecule has 0 amide bonds. The Morgan fingerprint density at radius 3 is 2.44 bits per heavy atom. The number of unbranched alkanes of at least 4 members (excludes halogenated alkanes) is 2. The summed E-state index contributed by atoms with van der Waals surface area (Å²) in [6.07, 6.45) is 4.14. The van der Waals surface area contributed by atoms with Crippen LogP contribution in [0.2, 0.25) is 0 Å². The molecule has 0 bridgehead atoms. The lowest BCUT2D eigenvalue weighted by molar-refractivity contribution is 0.274. The number of halogens is 1. The maximum absolute atomic E-state index is 6.16. The van der Waals surface area contributed by atoms with Gasteiger partial charge in [0.1, 0.15) is 5.69 Å². The van der Waals surface area contributed by atoms with Crippen molar-refractivity contribution < 1.29 is 9.47 Å². The molecule has 6 heteroatoms. The predicted molar refractivity (Wildman–Crippen MR) is 112 cm³/mol. The molecular weight excluding hydrogens is 429 g/mol. The summed E-state index contributed by atoms with van der Waals surface area (Å²) >= 11 is 2.22. The zero-order valence-electron chi connectivity index (χ0n) is 14.8. The quantitative estimate of drug-likeness (QED) is 0.287. The molecule has 2 rings (SSSR count). The number of hydrogen-bond acceptors (Lipinski definition) is 5. The minimum absolute atomic E-state index is 0.542. The molecule has 0 radical (unpaired) electrons. The van der Waals surface area contributed by atoms with E-state index in [0.717, 1.165) is 40.6 Å². The van der Waals surface area contributed by atoms with Gasteiger partial charge in [0.2, 0.25) is 11.8 Å². The zero-order chi connectivity index (χ0) is 18.1. The molecule has 0 aliphatic carbocycles. The molecule has 0 saturated carbocycles. The number of anilines is 3. The van der Waals surface area contributed by atoms with Gasteiger partial charge in [-0.1, -0.05) is 32.8 Å². The summed E-state index contributed by atoms with van der Waals surface area (Å²) in [5.41, 5.74) is 8.50. The van der Waals surface area contributed by atoms with Crippen LogP contribution in [0.15, 0.2) is 30.3 Å². The molecule has 0 saturated heterocycles. The Hall–Kier alpha value is -1.70. The second kappa shape index (κ2) is 10.3. The van der Waals surface area contributed by atoms with E-state index in [4.69, 9.17) is 15.2 Å². The van der Waals surface area contributed by atoms with Gasteiger partial charge in [-0.15, -0.1) is 0 Å². The average Bonchev–Trinajstić information content (AvgIpc) is 2.61. The van der Waals surface area contributed by atoms with Gasteiger partial charge in [-0.05, 0) is 53.6 Å². The fourth-order valence-corrected chi connectivity index (χ4v) is 2.63. The summed E-state index contributed by atoms with van der Waals surface area (Å²) in [6, 6.07) is 9.67. The molecule has 3 N–H and O–H groups in total. The number of hydrogen-bond donors (Lipinski definition) is 2. The molecule has 25 heavy (non-hydrogen) atoms. The lowest BCUT2D eigenvalue weighted by atomic mass is 10.2. The standard InChI is InChI=1S/C19H26IN3O2/c1-3-5-12-24-17-11-10-16(19(23-17)25-13-6-4-2)22-15-9-7-8-14(20)18(15)21/h7-11,22H,3-6,12-13,21H2,1-2H3. The van der Waals surface area contributed by atoms with E-state index >= 15 is 0 Å². The number of benzene rings is 1. The van der Waals surface area contributed by atoms with E-state index in [1.807, 2.05) is 30.3 Å². The molecule has 2 aromatic rings. The van der Waals surface area contributed by atoms with Crippen molar-refractivity contribution >= 4 is 39.7 Å². The van der Waals surface area contributed by atoms with Crippen molar-refractivity contribution in [1.29, 1.82) is 0 Å². The normalized spacial score (nSPS) is 10.5. The second-order valence-corrected chi connectivity index (χ2v) is 6.89. The first-order valence-electron chi connectivity index (χ1n) is 8.73. The Kier molecular flexibility index (Phi) is 8.11. The van der Waals surface area contributed by atoms with Crippen molar-refractivity contribution in [2.75, 3.05) is 24.3 Å². The highest BCUT2D eigenvalue weighted by molar-refractivity contribution is 14.1. The van der Waals surface area contributed by atoms with Crippen LogP contribution in [0.4, 0.5) is 17.1 Å². The van der Waals surface area contributed by atoms with Crippen LogP contribution in [0.1, 0.15) is 39.5 Å². The minimum atomic E-state index is 0.542. The summed E-state index contributed by atoms with van der Waals surface area (Å²) in [5, 5.41) is 3.33. The Morgan fingerprint density at radius 1 is 1.00 bits per heavy atom. The minimum Gasteiger partial charge on any atom is -0.478 e. The van der Waals surface area contributed by atoms with Crippen molar-refractivity contribution in [3.05, 3.63) is 33.9 Å². The molecule has 0 atom stereocenters. The third kappa shape index (κ3) is 5.95. The summed E-state index contributed by atoms with van der Waals surface area (Å²) < 4.78 is 12.6. The number of nitrogens with two attached hydrogens (primary N) is 1. The molecule has 136 valence electrons. The largest absolute Gasteiger partial charge is 0.478 e. The van der Waals surface area contributed by atoms with Gasteiger partial charge in [0.05, 0.1) is 24.6 Å². The molecule has 1 aromatic carbocycles. The van der Waals surface area contributed by atoms with Crippen LogP contribution >= 0.6 is 22.6 Å². The van der Waals surface area contributed by atoms with Gasteiger partial charge in [0.15, 0.2) is 0 Å². The van der Waals surface area contributed by atoms with E-state index in [9.17, 15) is 0 Å². The third-order valence-corrected chi connectivity index (χ3v) is 4.58. The summed E-state index contributed by atoms with van der Waals surface area (Å²) in [4.78, 5) is 4.51. The number of para-hydroxylation sites is 1. The molecule has 0 fully saturated rings. The molecule has 1 heterocycles. The highest BCUT2D eigenvalue weighted by atomic mass is 127. The van der Waals surface area contributed by atoms with Gasteiger partial charge in [-0.2, -0.15) is 4.98 Å². The van der Waals surface area contributed by atoms with E-state index in [2.05, 4.69) is 46.7 Å². The lowest BCUT2D eigenvalue weighted by Crippen LogP contribution is -2.06. The van der Waals surface area contributed by atoms with Crippen molar-refractivity contribution in [2.24, 2.45) is 0 Å². The molecule has 0 aliphatic heterocycles. The van der Waals surface area contributed by atoms with Crippen LogP contribution in [0.5, 0.6) is 11.8 Å². The Bertz CT molecular complexity index is 680. The fourth-order valence-electron chi connectivity index (χ4n) is 2.13. The number of nitrogens with zero attached hydrogens (tertiary/aromatic N) is 1. The van der Waals surface area contributed by atoms with E-state index in [1.165, 1.54) is 0 Å². The van der Waals surface area contributed by atoms with E-state index in [0.29, 0.717) is 30.7 Å². The van der Waals surface area contributed by atoms with Gasteiger partial charge in [-0.25, -0.2) is 0 Å². The van der Waals surface area contributed by atoms with Gasteiger partial charge in [-0.3, -0.25) is 0 Å². The smallest absolute Gasteiger partial charge is 0.241 e. The number of pyridine rings is 1. The van der Waals surface area contributed by atoms with Crippen LogP contribution < -0.4 is 20.5 Å². The molecule has 0 spiro atoms. The van der Waals surface area contributed by atoms with Crippen LogP contribution in [-0.4, -0.2) is 18.2 Å². The Morgan fingerprint density at radius 2 is 1.72 bits per heavy atom. The molecule has 0 unspecified atom stereocenters. The van der Waals surface area contributed by atoms with Crippen LogP contribution in [-0.2, 0) is 0 Å². The lowest BCUT2D eigenvalue weighted by Gasteiger charge is -2.15. The maximum atomic E-state index is 6.16. The molecule has 5 nitrogen and oxygen atoms in total. The SMILES string of the molecule is CCCCOc1ccc(Nc2cccc(I)c2N)c(OCCCC)n1. The predicted octanol–water partition coefficient (Wildman–Crippen LogP) is 5.37. The van der Waals surface area contributed by atoms with Crippen molar-refractivity contribution in [1.82, 2.24) is 4.98 Å². The molecule has 1 aromatic heterocycles. The first-order chi connectivity index (χ1) is 12.2. The first-order valence-corrected chi connectivity index (χ1v) is 9.81. The van der Waals surface area contributed by atoms with Crippen molar-refractivity contribution in [2.45, 2.75) is 39.5 Å². The fraction of sp³-hybridized carbons (Fsp3) is 0.421. The number of nitrogen functional groups attached to an aromatic ring is 1. The summed E-state index contributed by atoms with van der Waals surface area (Å²) in [7, 11) is 0. The highest BCUT2D eigenvalue weighted by Crippen LogP contribution is 2.32. The highest BCUT2D eigenvalue weighted by Gasteiger charge is 2.11. The molecular formula is C19H26IN3O2. The Labute approximate surface area is 163 Å². The van der Waals surface area contributed by atoms with Crippen molar-refractivity contribution in [3.8, 4) is 11.8 Å². The van der Waals surface area contributed by atoms with Crippen LogP contribution in [0, 0.1) is 3.57 Å². The number of ether oxygens (including phenoxy) is 2. The molecule has 0 aliphatic rings. The zero-order valence-corrected chi connectivity index (χ0v) is 17.0. The van der Waals surface area contributed by atoms with Crippen LogP contribution in [0.25, 0.3) is 0 Å². The number of aromatic nitrogens is 1. The maximum Gasteiger partial charge on any atom is 0.241 e. The number of nitrogens with one attached hydrogen (secondary N) is 1. The number of rotatable bonds is 10. The van der Waals surface area contributed by atoms with Crippen LogP contribution in [0.3, 0.4) is 0 Å². The Balaban J connectivity index is 2.20. The summed E-state index contributed by atoms with van der Waals surface area (Å²) in [5.74, 6) is 1.13. The van der Waals surface area contributed by atoms with Gasteiger partial charge in [0, 0.05) is 9.64 Å². The topological polar surface area (TPSA) is 69.4 Å². The van der Waals surface area contributed by atoms with E-state index in [1.54, 1.807) is 0 Å². The van der Waals surface area contributed by atoms with Gasteiger partial charge < -0.3 is 20.5 Å². The van der Waals surface area contributed by atoms with Gasteiger partial charge >= 0.3 is 0 Å². The second-order valence-electron chi connectivity index (χ2n) is 5.73.